The number of piperidine rings is 1. The van der Waals surface area contributed by atoms with Crippen molar-refractivity contribution in [3.05, 3.63) is 23.1 Å². The van der Waals surface area contributed by atoms with Crippen LogP contribution < -0.4 is 10.6 Å². The fourth-order valence-corrected chi connectivity index (χ4v) is 4.06. The van der Waals surface area contributed by atoms with E-state index in [9.17, 15) is 0 Å². The molecule has 0 bridgehead atoms. The molecule has 23 heavy (non-hydrogen) atoms. The first-order valence-electron chi connectivity index (χ1n) is 7.73. The summed E-state index contributed by atoms with van der Waals surface area (Å²) in [5.74, 6) is 2.77. The van der Waals surface area contributed by atoms with E-state index in [-0.39, 0.29) is 0 Å². The Kier molecular flexibility index (Phi) is 3.41. The maximum Gasteiger partial charge on any atom is 0.218 e. The van der Waals surface area contributed by atoms with Gasteiger partial charge in [0.1, 0.15) is 17.0 Å². The van der Waals surface area contributed by atoms with Crippen molar-refractivity contribution in [3.63, 3.8) is 0 Å². The highest BCUT2D eigenvalue weighted by molar-refractivity contribution is 7.17. The quantitative estimate of drug-likeness (QED) is 0.775. The number of nitrogens with zero attached hydrogens (tertiary/aromatic N) is 6. The molecule has 8 heteroatoms. The summed E-state index contributed by atoms with van der Waals surface area (Å²) in [6.07, 6.45) is 3.69. The summed E-state index contributed by atoms with van der Waals surface area (Å²) in [6.45, 7) is 4.02. The third-order valence-electron chi connectivity index (χ3n) is 4.51. The normalized spacial score (nSPS) is 16.3. The molecule has 0 amide bonds. The van der Waals surface area contributed by atoms with Crippen LogP contribution in [0.5, 0.6) is 0 Å². The third-order valence-corrected chi connectivity index (χ3v) is 5.51. The lowest BCUT2D eigenvalue weighted by Gasteiger charge is -2.32. The van der Waals surface area contributed by atoms with Gasteiger partial charge in [-0.05, 0) is 30.7 Å². The van der Waals surface area contributed by atoms with Crippen LogP contribution in [0.25, 0.3) is 10.2 Å². The fraction of sp³-hybridized carbons (Fsp3) is 0.467. The molecule has 3 aromatic heterocycles. The standard InChI is InChI=1S/C15H19N7S/c1-9-7-23-14-11(9)13(17-8-18-14)22-5-3-10(4-6-22)12-19-15(16)21(2)20-12/h7-8,10H,3-6H2,1-2H3,(H2,16,19,20). The van der Waals surface area contributed by atoms with Crippen molar-refractivity contribution in [1.82, 2.24) is 24.7 Å². The first-order chi connectivity index (χ1) is 11.1. The molecule has 7 nitrogen and oxygen atoms in total. The fourth-order valence-electron chi connectivity index (χ4n) is 3.18. The van der Waals surface area contributed by atoms with E-state index >= 15 is 0 Å². The van der Waals surface area contributed by atoms with Crippen molar-refractivity contribution >= 4 is 33.3 Å². The number of rotatable bonds is 2. The Morgan fingerprint density at radius 3 is 2.74 bits per heavy atom. The van der Waals surface area contributed by atoms with Gasteiger partial charge in [0, 0.05) is 26.1 Å². The predicted molar refractivity (Wildman–Crippen MR) is 91.8 cm³/mol. The minimum atomic E-state index is 0.371. The summed E-state index contributed by atoms with van der Waals surface area (Å²) in [4.78, 5) is 16.7. The van der Waals surface area contributed by atoms with Crippen LogP contribution in [-0.4, -0.2) is 37.8 Å². The lowest BCUT2D eigenvalue weighted by Crippen LogP contribution is -2.34. The Hall–Kier alpha value is -2.22. The molecule has 0 aliphatic carbocycles. The molecule has 0 aromatic carbocycles. The average molecular weight is 329 g/mol. The van der Waals surface area contributed by atoms with Gasteiger partial charge in [-0.15, -0.1) is 11.3 Å². The Morgan fingerprint density at radius 2 is 2.04 bits per heavy atom. The topological polar surface area (TPSA) is 85.8 Å². The lowest BCUT2D eigenvalue weighted by molar-refractivity contribution is 0.482. The SMILES string of the molecule is Cc1csc2ncnc(N3CCC(c4nc(N)n(C)n4)CC3)c12. The smallest absolute Gasteiger partial charge is 0.218 e. The van der Waals surface area contributed by atoms with E-state index in [4.69, 9.17) is 5.73 Å². The van der Waals surface area contributed by atoms with Crippen LogP contribution in [0.1, 0.15) is 30.1 Å². The van der Waals surface area contributed by atoms with Crippen molar-refractivity contribution in [3.8, 4) is 0 Å². The van der Waals surface area contributed by atoms with Crippen molar-refractivity contribution in [2.24, 2.45) is 7.05 Å². The molecule has 1 fully saturated rings. The number of nitrogen functional groups attached to an aromatic ring is 1. The number of aryl methyl sites for hydroxylation is 2. The minimum absolute atomic E-state index is 0.371. The molecule has 1 aliphatic rings. The molecule has 0 spiro atoms. The highest BCUT2D eigenvalue weighted by atomic mass is 32.1. The Labute approximate surface area is 138 Å². The van der Waals surface area contributed by atoms with Gasteiger partial charge in [-0.3, -0.25) is 0 Å². The summed E-state index contributed by atoms with van der Waals surface area (Å²) >= 11 is 1.68. The van der Waals surface area contributed by atoms with E-state index < -0.39 is 0 Å². The van der Waals surface area contributed by atoms with Gasteiger partial charge in [-0.25, -0.2) is 14.6 Å². The maximum absolute atomic E-state index is 5.80. The second kappa shape index (κ2) is 5.45. The molecule has 0 unspecified atom stereocenters. The van der Waals surface area contributed by atoms with Gasteiger partial charge in [0.05, 0.1) is 5.39 Å². The maximum atomic E-state index is 5.80. The molecule has 1 saturated heterocycles. The summed E-state index contributed by atoms with van der Waals surface area (Å²) < 4.78 is 1.64. The van der Waals surface area contributed by atoms with E-state index in [0.29, 0.717) is 11.9 Å². The van der Waals surface area contributed by atoms with E-state index in [0.717, 1.165) is 42.4 Å². The van der Waals surface area contributed by atoms with Gasteiger partial charge < -0.3 is 10.6 Å². The second-order valence-electron chi connectivity index (χ2n) is 6.01. The molecule has 0 radical (unpaired) electrons. The molecule has 120 valence electrons. The number of thiophene rings is 1. The van der Waals surface area contributed by atoms with Crippen LogP contribution >= 0.6 is 11.3 Å². The highest BCUT2D eigenvalue weighted by Crippen LogP contribution is 2.34. The van der Waals surface area contributed by atoms with Gasteiger partial charge in [0.15, 0.2) is 5.82 Å². The number of nitrogens with two attached hydrogens (primary N) is 1. The number of hydrogen-bond acceptors (Lipinski definition) is 7. The molecular formula is C15H19N7S. The van der Waals surface area contributed by atoms with Crippen LogP contribution in [-0.2, 0) is 7.05 Å². The molecule has 4 heterocycles. The van der Waals surface area contributed by atoms with Gasteiger partial charge in [0.2, 0.25) is 5.95 Å². The number of aromatic nitrogens is 5. The second-order valence-corrected chi connectivity index (χ2v) is 6.87. The molecule has 2 N–H and O–H groups in total. The first-order valence-corrected chi connectivity index (χ1v) is 8.61. The van der Waals surface area contributed by atoms with Gasteiger partial charge in [-0.1, -0.05) is 0 Å². The van der Waals surface area contributed by atoms with Crippen molar-refractivity contribution < 1.29 is 0 Å². The molecule has 3 aromatic rings. The number of fused-ring (bicyclic) bond motifs is 1. The minimum Gasteiger partial charge on any atom is -0.368 e. The van der Waals surface area contributed by atoms with Crippen LogP contribution in [0.15, 0.2) is 11.7 Å². The molecular weight excluding hydrogens is 310 g/mol. The largest absolute Gasteiger partial charge is 0.368 e. The van der Waals surface area contributed by atoms with Crippen molar-refractivity contribution in [2.75, 3.05) is 23.7 Å². The first kappa shape index (κ1) is 14.4. The van der Waals surface area contributed by atoms with E-state index in [1.807, 2.05) is 7.05 Å². The van der Waals surface area contributed by atoms with Gasteiger partial charge >= 0.3 is 0 Å². The van der Waals surface area contributed by atoms with Gasteiger partial charge in [0.25, 0.3) is 0 Å². The third kappa shape index (κ3) is 2.42. The van der Waals surface area contributed by atoms with Crippen LogP contribution in [0.4, 0.5) is 11.8 Å². The van der Waals surface area contributed by atoms with Crippen molar-refractivity contribution in [2.45, 2.75) is 25.7 Å². The molecule has 4 rings (SSSR count). The zero-order valence-electron chi connectivity index (χ0n) is 13.2. The molecule has 1 aliphatic heterocycles. The van der Waals surface area contributed by atoms with E-state index in [2.05, 4.69) is 37.3 Å². The zero-order valence-corrected chi connectivity index (χ0v) is 14.0. The average Bonchev–Trinajstić information content (AvgIpc) is 3.11. The Balaban J connectivity index is 1.56. The Bertz CT molecular complexity index is 825. The summed E-state index contributed by atoms with van der Waals surface area (Å²) in [5, 5.41) is 7.77. The molecule has 0 saturated carbocycles. The van der Waals surface area contributed by atoms with E-state index in [1.54, 1.807) is 22.3 Å². The monoisotopic (exact) mass is 329 g/mol. The highest BCUT2D eigenvalue weighted by Gasteiger charge is 2.26. The zero-order chi connectivity index (χ0) is 16.0. The van der Waals surface area contributed by atoms with Crippen LogP contribution in [0.3, 0.4) is 0 Å². The molecule has 0 atom stereocenters. The number of anilines is 2. The Morgan fingerprint density at radius 1 is 1.26 bits per heavy atom. The summed E-state index contributed by atoms with van der Waals surface area (Å²) in [5.41, 5.74) is 7.05. The summed E-state index contributed by atoms with van der Waals surface area (Å²) in [7, 11) is 1.83. The summed E-state index contributed by atoms with van der Waals surface area (Å²) in [6, 6.07) is 0. The van der Waals surface area contributed by atoms with E-state index in [1.165, 1.54) is 10.9 Å². The van der Waals surface area contributed by atoms with Crippen LogP contribution in [0.2, 0.25) is 0 Å². The lowest BCUT2D eigenvalue weighted by atomic mass is 9.96. The van der Waals surface area contributed by atoms with Gasteiger partial charge in [-0.2, -0.15) is 10.1 Å². The predicted octanol–water partition coefficient (Wildman–Crippen LogP) is 2.09. The number of hydrogen-bond donors (Lipinski definition) is 1. The van der Waals surface area contributed by atoms with Crippen molar-refractivity contribution in [1.29, 1.82) is 0 Å². The van der Waals surface area contributed by atoms with Crippen LogP contribution in [0, 0.1) is 6.92 Å².